The number of hydrogen-bond donors (Lipinski definition) is 4. The second kappa shape index (κ2) is 10.6. The Hall–Kier alpha value is -3.35. The Morgan fingerprint density at radius 3 is 2.48 bits per heavy atom. The summed E-state index contributed by atoms with van der Waals surface area (Å²) in [5, 5.41) is 28.3. The van der Waals surface area contributed by atoms with Crippen LogP contribution in [0.3, 0.4) is 0 Å². The maximum Gasteiger partial charge on any atom is 0.438 e. The summed E-state index contributed by atoms with van der Waals surface area (Å²) in [6, 6.07) is 5.67. The second-order valence-corrected chi connectivity index (χ2v) is 5.44. The normalized spacial score (nSPS) is 14.5. The van der Waals surface area contributed by atoms with E-state index in [9.17, 15) is 14.4 Å². The molecule has 4 N–H and O–H groups in total. The van der Waals surface area contributed by atoms with E-state index in [2.05, 4.69) is 11.2 Å². The molecule has 0 aromatic heterocycles. The predicted octanol–water partition coefficient (Wildman–Crippen LogP) is 1.43. The first-order valence-electron chi connectivity index (χ1n) is 7.82. The van der Waals surface area contributed by atoms with Crippen LogP contribution in [0, 0.1) is 12.3 Å². The van der Waals surface area contributed by atoms with Crippen LogP contribution in [0.25, 0.3) is 0 Å². The van der Waals surface area contributed by atoms with Crippen LogP contribution in [0.2, 0.25) is 0 Å². The molecule has 0 fully saturated rings. The Kier molecular flexibility index (Phi) is 8.51. The lowest BCUT2D eigenvalue weighted by molar-refractivity contribution is -0.134. The number of ether oxygens (including phenoxy) is 1. The molecular weight excluding hydrogens is 356 g/mol. The minimum Gasteiger partial charge on any atom is -0.478 e. The molecule has 2 rings (SSSR count). The Labute approximate surface area is 155 Å². The molecule has 0 aliphatic heterocycles. The zero-order valence-electron chi connectivity index (χ0n) is 14.6. The van der Waals surface area contributed by atoms with Gasteiger partial charge in [0.1, 0.15) is 5.75 Å². The van der Waals surface area contributed by atoms with Gasteiger partial charge in [-0.05, 0) is 36.1 Å². The Morgan fingerprint density at radius 1 is 1.33 bits per heavy atom. The van der Waals surface area contributed by atoms with Gasteiger partial charge in [-0.25, -0.2) is 14.4 Å². The number of carbonyl (C=O) groups excluding carboxylic acids is 1. The van der Waals surface area contributed by atoms with E-state index in [1.165, 1.54) is 12.6 Å². The van der Waals surface area contributed by atoms with Crippen molar-refractivity contribution in [3.8, 4) is 18.1 Å². The summed E-state index contributed by atoms with van der Waals surface area (Å²) in [5.41, 5.74) is 2.33. The maximum absolute atomic E-state index is 11.3. The monoisotopic (exact) mass is 376 g/mol. The molecule has 9 nitrogen and oxygen atoms in total. The van der Waals surface area contributed by atoms with Crippen molar-refractivity contribution in [2.24, 2.45) is 0 Å². The first kappa shape index (κ1) is 21.7. The van der Waals surface area contributed by atoms with Gasteiger partial charge in [-0.2, -0.15) is 5.06 Å². The van der Waals surface area contributed by atoms with Crippen molar-refractivity contribution >= 4 is 18.0 Å². The second-order valence-electron chi connectivity index (χ2n) is 5.44. The van der Waals surface area contributed by atoms with Gasteiger partial charge in [-0.1, -0.05) is 12.0 Å². The van der Waals surface area contributed by atoms with E-state index in [-0.39, 0.29) is 6.04 Å². The van der Waals surface area contributed by atoms with Crippen molar-refractivity contribution in [1.82, 2.24) is 10.4 Å². The lowest BCUT2D eigenvalue weighted by Gasteiger charge is -2.14. The van der Waals surface area contributed by atoms with Gasteiger partial charge in [-0.15, -0.1) is 6.42 Å². The number of rotatable bonds is 5. The van der Waals surface area contributed by atoms with Gasteiger partial charge in [0, 0.05) is 25.2 Å². The van der Waals surface area contributed by atoms with Gasteiger partial charge in [0.2, 0.25) is 0 Å². The lowest BCUT2D eigenvalue weighted by atomic mass is 10.1. The highest BCUT2D eigenvalue weighted by atomic mass is 16.6. The first-order chi connectivity index (χ1) is 12.7. The van der Waals surface area contributed by atoms with Gasteiger partial charge < -0.3 is 14.9 Å². The summed E-state index contributed by atoms with van der Waals surface area (Å²) in [4.78, 5) is 30.4. The summed E-state index contributed by atoms with van der Waals surface area (Å²) in [6.07, 6.45) is 7.50. The molecule has 0 radical (unpaired) electrons. The number of nitrogens with one attached hydrogen (secondary N) is 1. The molecule has 0 saturated carbocycles. The minimum absolute atomic E-state index is 0.191. The van der Waals surface area contributed by atoms with Gasteiger partial charge in [0.25, 0.3) is 0 Å². The van der Waals surface area contributed by atoms with E-state index in [0.29, 0.717) is 29.5 Å². The highest BCUT2D eigenvalue weighted by Gasteiger charge is 2.22. The van der Waals surface area contributed by atoms with E-state index < -0.39 is 18.0 Å². The van der Waals surface area contributed by atoms with E-state index >= 15 is 0 Å². The Balaban J connectivity index is 0.000000387. The number of amides is 1. The zero-order valence-corrected chi connectivity index (χ0v) is 14.6. The predicted molar refractivity (Wildman–Crippen MR) is 94.3 cm³/mol. The number of carboxylic acids is 2. The van der Waals surface area contributed by atoms with Crippen molar-refractivity contribution in [3.05, 3.63) is 41.5 Å². The number of carboxylic acid groups (broad SMARTS) is 2. The molecule has 1 aliphatic rings. The molecule has 1 atom stereocenters. The number of fused-ring (bicyclic) bond motifs is 1. The van der Waals surface area contributed by atoms with Gasteiger partial charge in [-0.3, -0.25) is 10.5 Å². The third-order valence-electron chi connectivity index (χ3n) is 3.48. The summed E-state index contributed by atoms with van der Waals surface area (Å²) >= 11 is 0. The van der Waals surface area contributed by atoms with Gasteiger partial charge in [0.05, 0.1) is 6.54 Å². The highest BCUT2D eigenvalue weighted by Crippen LogP contribution is 2.33. The summed E-state index contributed by atoms with van der Waals surface area (Å²) in [6.45, 7) is 0.507. The quantitative estimate of drug-likeness (QED) is 0.262. The Morgan fingerprint density at radius 2 is 1.96 bits per heavy atom. The van der Waals surface area contributed by atoms with Crippen LogP contribution < -0.4 is 10.1 Å². The average molecular weight is 376 g/mol. The number of hydrogen-bond acceptors (Lipinski definition) is 6. The molecule has 27 heavy (non-hydrogen) atoms. The Bertz CT molecular complexity index is 749. The first-order valence-corrected chi connectivity index (χ1v) is 7.82. The molecule has 1 aromatic carbocycles. The van der Waals surface area contributed by atoms with Crippen LogP contribution in [0.4, 0.5) is 4.79 Å². The van der Waals surface area contributed by atoms with Gasteiger partial charge in [0.15, 0.2) is 0 Å². The third-order valence-corrected chi connectivity index (χ3v) is 3.48. The fraction of sp³-hybridized carbons (Fsp3) is 0.278. The molecule has 1 unspecified atom stereocenters. The molecule has 0 saturated heterocycles. The maximum atomic E-state index is 11.3. The van der Waals surface area contributed by atoms with E-state index in [0.717, 1.165) is 18.4 Å². The molecule has 9 heteroatoms. The number of aryl methyl sites for hydroxylation is 1. The molecule has 1 amide bonds. The highest BCUT2D eigenvalue weighted by molar-refractivity contribution is 5.89. The van der Waals surface area contributed by atoms with Crippen LogP contribution in [-0.4, -0.2) is 52.1 Å². The fourth-order valence-corrected chi connectivity index (χ4v) is 2.35. The van der Waals surface area contributed by atoms with E-state index in [4.69, 9.17) is 26.6 Å². The van der Waals surface area contributed by atoms with Crippen molar-refractivity contribution in [2.45, 2.75) is 18.9 Å². The SMILES string of the molecule is C#CCNC1CCc2ccc(OC(=O)N(C)O)cc21.O=C(O)/C=C/C(=O)O. The number of hydroxylamine groups is 2. The molecular formula is C18H20N2O7. The number of aliphatic carboxylic acids is 2. The van der Waals surface area contributed by atoms with Crippen LogP contribution in [0.5, 0.6) is 5.75 Å². The number of terminal acetylenes is 1. The number of carbonyl (C=O) groups is 3. The topological polar surface area (TPSA) is 136 Å². The van der Waals surface area contributed by atoms with Crippen molar-refractivity contribution in [3.63, 3.8) is 0 Å². The van der Waals surface area contributed by atoms with E-state index in [1.807, 2.05) is 12.1 Å². The number of nitrogens with zero attached hydrogens (tertiary/aromatic N) is 1. The number of benzene rings is 1. The lowest BCUT2D eigenvalue weighted by Crippen LogP contribution is -2.26. The fourth-order valence-electron chi connectivity index (χ4n) is 2.35. The van der Waals surface area contributed by atoms with Gasteiger partial charge >= 0.3 is 18.0 Å². The molecule has 0 heterocycles. The molecule has 0 spiro atoms. The standard InChI is InChI=1S/C14H16N2O3.C4H4O4/c1-3-8-15-13-7-5-10-4-6-11(9-12(10)13)19-14(17)16(2)18;5-3(6)1-2-4(7)8/h1,4,6,9,13,15,18H,5,7-8H2,2H3;1-2H,(H,5,6)(H,7,8)/b;2-1+. The van der Waals surface area contributed by atoms with Crippen LogP contribution >= 0.6 is 0 Å². The molecule has 1 aromatic rings. The van der Waals surface area contributed by atoms with Crippen LogP contribution in [0.1, 0.15) is 23.6 Å². The average Bonchev–Trinajstić information content (AvgIpc) is 3.01. The van der Waals surface area contributed by atoms with Crippen molar-refractivity contribution in [1.29, 1.82) is 0 Å². The summed E-state index contributed by atoms with van der Waals surface area (Å²) in [5.74, 6) is 0.453. The molecule has 1 aliphatic carbocycles. The molecule has 144 valence electrons. The van der Waals surface area contributed by atoms with Crippen molar-refractivity contribution < 1.29 is 34.5 Å². The largest absolute Gasteiger partial charge is 0.478 e. The molecule has 0 bridgehead atoms. The van der Waals surface area contributed by atoms with Crippen LogP contribution in [-0.2, 0) is 16.0 Å². The van der Waals surface area contributed by atoms with E-state index in [1.54, 1.807) is 6.07 Å². The van der Waals surface area contributed by atoms with Crippen LogP contribution in [0.15, 0.2) is 30.4 Å². The summed E-state index contributed by atoms with van der Waals surface area (Å²) in [7, 11) is 1.22. The third kappa shape index (κ3) is 7.60. The smallest absolute Gasteiger partial charge is 0.438 e. The zero-order chi connectivity index (χ0) is 20.4. The minimum atomic E-state index is -1.26. The van der Waals surface area contributed by atoms with Crippen molar-refractivity contribution in [2.75, 3.05) is 13.6 Å². The summed E-state index contributed by atoms with van der Waals surface area (Å²) < 4.78 is 5.02.